The van der Waals surface area contributed by atoms with Crippen LogP contribution < -0.4 is 15.6 Å². The number of nitrogens with zero attached hydrogens (tertiary/aromatic N) is 4. The van der Waals surface area contributed by atoms with Crippen LogP contribution in [0.25, 0.3) is 5.52 Å². The Balaban J connectivity index is 1.71. The molecule has 1 aliphatic rings. The number of fused-ring (bicyclic) bond motifs is 1. The zero-order valence-corrected chi connectivity index (χ0v) is 27.1. The largest absolute Gasteiger partial charge is 0.496 e. The summed E-state index contributed by atoms with van der Waals surface area (Å²) in [4.78, 5) is 37.3. The first-order chi connectivity index (χ1) is 21.9. The Bertz CT molecular complexity index is 1680. The molecule has 0 radical (unpaired) electrons. The molecule has 9 nitrogen and oxygen atoms in total. The number of H-pyrrole nitrogens is 1. The van der Waals surface area contributed by atoms with Gasteiger partial charge in [0, 0.05) is 72.8 Å². The first-order valence-electron chi connectivity index (χ1n) is 15.4. The van der Waals surface area contributed by atoms with E-state index in [2.05, 4.69) is 31.2 Å². The van der Waals surface area contributed by atoms with Crippen molar-refractivity contribution >= 4 is 17.6 Å². The molecule has 0 aliphatic carbocycles. The molecule has 4 heterocycles. The van der Waals surface area contributed by atoms with Gasteiger partial charge in [0.2, 0.25) is 0 Å². The summed E-state index contributed by atoms with van der Waals surface area (Å²) in [5, 5.41) is 2.91. The molecule has 1 aliphatic heterocycles. The lowest BCUT2D eigenvalue weighted by Crippen LogP contribution is -2.49. The Morgan fingerprint density at radius 2 is 1.93 bits per heavy atom. The Morgan fingerprint density at radius 1 is 1.22 bits per heavy atom. The van der Waals surface area contributed by atoms with Crippen LogP contribution in [0.15, 0.2) is 58.6 Å². The number of rotatable bonds is 12. The van der Waals surface area contributed by atoms with Crippen LogP contribution in [0.3, 0.4) is 0 Å². The van der Waals surface area contributed by atoms with Crippen molar-refractivity contribution < 1.29 is 22.7 Å². The number of ether oxygens (including phenoxy) is 1. The Morgan fingerprint density at radius 3 is 2.57 bits per heavy atom. The van der Waals surface area contributed by atoms with E-state index in [0.717, 1.165) is 34.5 Å². The van der Waals surface area contributed by atoms with Gasteiger partial charge in [-0.25, -0.2) is 0 Å². The minimum absolute atomic E-state index is 0.0356. The Hall–Kier alpha value is -4.16. The molecular formula is C34H43F3N6O3. The average Bonchev–Trinajstić information content (AvgIpc) is 3.41. The molecular weight excluding hydrogens is 597 g/mol. The minimum Gasteiger partial charge on any atom is -0.496 e. The van der Waals surface area contributed by atoms with Crippen LogP contribution in [-0.4, -0.2) is 77.3 Å². The maximum atomic E-state index is 13.8. The van der Waals surface area contributed by atoms with Gasteiger partial charge in [-0.05, 0) is 62.9 Å². The first-order valence-corrected chi connectivity index (χ1v) is 15.4. The van der Waals surface area contributed by atoms with Crippen molar-refractivity contribution in [3.63, 3.8) is 0 Å². The van der Waals surface area contributed by atoms with E-state index >= 15 is 0 Å². The third kappa shape index (κ3) is 8.16. The zero-order valence-electron chi connectivity index (χ0n) is 27.1. The van der Waals surface area contributed by atoms with Gasteiger partial charge in [0.05, 0.1) is 25.8 Å². The molecule has 0 bridgehead atoms. The smallest absolute Gasteiger partial charge is 0.401 e. The number of piperazine rings is 1. The zero-order chi connectivity index (χ0) is 33.6. The van der Waals surface area contributed by atoms with Gasteiger partial charge in [-0.1, -0.05) is 25.7 Å². The SMILES string of the molecule is C=CC=N/C(=C\Cc1ccn2c(C(C)N3CCN(CC(F)(F)F)CC3)c(C)c(C(=O)NCc3c(OC)cc(C)[nH]c3=O)cc12)CC. The molecule has 1 saturated heterocycles. The van der Waals surface area contributed by atoms with Crippen molar-refractivity contribution in [1.29, 1.82) is 0 Å². The molecule has 3 aromatic rings. The lowest BCUT2D eigenvalue weighted by Gasteiger charge is -2.39. The number of halogens is 3. The average molecular weight is 641 g/mol. The molecule has 2 N–H and O–H groups in total. The molecule has 46 heavy (non-hydrogen) atoms. The number of aliphatic imine (C=N–C) groups is 1. The van der Waals surface area contributed by atoms with E-state index in [9.17, 15) is 22.8 Å². The van der Waals surface area contributed by atoms with Gasteiger partial charge >= 0.3 is 6.18 Å². The predicted molar refractivity (Wildman–Crippen MR) is 175 cm³/mol. The number of aromatic amines is 1. The number of allylic oxidation sites excluding steroid dienone is 3. The Kier molecular flexibility index (Phi) is 11.3. The number of aromatic nitrogens is 2. The number of hydrogen-bond acceptors (Lipinski definition) is 6. The van der Waals surface area contributed by atoms with E-state index < -0.39 is 12.7 Å². The van der Waals surface area contributed by atoms with Gasteiger partial charge in [0.1, 0.15) is 5.75 Å². The molecule has 3 aromatic heterocycles. The first kappa shape index (κ1) is 34.7. The van der Waals surface area contributed by atoms with Gasteiger partial charge < -0.3 is 19.4 Å². The number of hydrogen-bond donors (Lipinski definition) is 2. The van der Waals surface area contributed by atoms with E-state index in [1.807, 2.05) is 45.2 Å². The summed E-state index contributed by atoms with van der Waals surface area (Å²) in [6.45, 7) is 11.9. The number of amides is 1. The Labute approximate surface area is 267 Å². The van der Waals surface area contributed by atoms with Crippen molar-refractivity contribution in [1.82, 2.24) is 24.5 Å². The summed E-state index contributed by atoms with van der Waals surface area (Å²) in [7, 11) is 1.48. The standard InChI is InChI=1S/C34H43F3N6O3/c1-7-12-38-26(8-2)10-9-25-11-13-43-29(25)19-27(32(44)39-20-28-30(46-6)18-22(3)40-33(28)45)23(4)31(43)24(5)42-16-14-41(15-17-42)21-34(35,36)37/h7,10-13,18-19,24H,1,8-9,14-17,20-21H2,2-6H3,(H,39,44)(H,40,45)/b26-10-,38-12?. The van der Waals surface area contributed by atoms with Gasteiger partial charge in [-0.2, -0.15) is 13.2 Å². The number of methoxy groups -OCH3 is 1. The summed E-state index contributed by atoms with van der Waals surface area (Å²) in [5.41, 5.74) is 5.46. The monoisotopic (exact) mass is 640 g/mol. The summed E-state index contributed by atoms with van der Waals surface area (Å²) >= 11 is 0. The molecule has 1 unspecified atom stereocenters. The highest BCUT2D eigenvalue weighted by Gasteiger charge is 2.34. The molecule has 1 amide bonds. The molecule has 4 rings (SSSR count). The van der Waals surface area contributed by atoms with Crippen molar-refractivity contribution in [3.05, 3.63) is 92.8 Å². The normalized spacial score (nSPS) is 15.9. The second-order valence-electron chi connectivity index (χ2n) is 11.5. The molecule has 12 heteroatoms. The number of pyridine rings is 2. The van der Waals surface area contributed by atoms with Gasteiger partial charge in [0.15, 0.2) is 0 Å². The van der Waals surface area contributed by atoms with Gasteiger partial charge in [0.25, 0.3) is 11.5 Å². The molecule has 0 saturated carbocycles. The van der Waals surface area contributed by atoms with Crippen LogP contribution in [0.2, 0.25) is 0 Å². The quantitative estimate of drug-likeness (QED) is 0.255. The summed E-state index contributed by atoms with van der Waals surface area (Å²) in [6.07, 6.45) is 4.40. The van der Waals surface area contributed by atoms with Gasteiger partial charge in [-0.15, -0.1) is 0 Å². The third-order valence-corrected chi connectivity index (χ3v) is 8.48. The molecule has 0 spiro atoms. The molecule has 1 atom stereocenters. The minimum atomic E-state index is -4.24. The van der Waals surface area contributed by atoms with Crippen LogP contribution in [-0.2, 0) is 13.0 Å². The topological polar surface area (TPSA) is 94.4 Å². The maximum Gasteiger partial charge on any atom is 0.401 e. The van der Waals surface area contributed by atoms with Crippen molar-refractivity contribution in [2.45, 2.75) is 59.3 Å². The molecule has 248 valence electrons. The van der Waals surface area contributed by atoms with Crippen LogP contribution in [0.1, 0.15) is 64.7 Å². The fraction of sp³-hybridized carbons (Fsp3) is 0.441. The fourth-order valence-electron chi connectivity index (χ4n) is 6.04. The number of aryl methyl sites for hydroxylation is 1. The second-order valence-corrected chi connectivity index (χ2v) is 11.5. The molecule has 0 aromatic carbocycles. The van der Waals surface area contributed by atoms with Gasteiger partial charge in [-0.3, -0.25) is 24.4 Å². The molecule has 1 fully saturated rings. The number of nitrogens with one attached hydrogen (secondary N) is 2. The van der Waals surface area contributed by atoms with E-state index in [1.54, 1.807) is 25.3 Å². The predicted octanol–water partition coefficient (Wildman–Crippen LogP) is 5.52. The van der Waals surface area contributed by atoms with E-state index in [4.69, 9.17) is 4.74 Å². The fourth-order valence-corrected chi connectivity index (χ4v) is 6.04. The highest BCUT2D eigenvalue weighted by molar-refractivity contribution is 5.97. The van der Waals surface area contributed by atoms with E-state index in [1.165, 1.54) is 12.0 Å². The van der Waals surface area contributed by atoms with Crippen molar-refractivity contribution in [3.8, 4) is 5.75 Å². The highest BCUT2D eigenvalue weighted by Crippen LogP contribution is 2.31. The van der Waals surface area contributed by atoms with Crippen LogP contribution in [0, 0.1) is 13.8 Å². The summed E-state index contributed by atoms with van der Waals surface area (Å²) in [5.74, 6) is 0.0391. The lowest BCUT2D eigenvalue weighted by molar-refractivity contribution is -0.149. The van der Waals surface area contributed by atoms with Crippen LogP contribution >= 0.6 is 0 Å². The van der Waals surface area contributed by atoms with E-state index in [0.29, 0.717) is 55.2 Å². The van der Waals surface area contributed by atoms with Crippen molar-refractivity contribution in [2.75, 3.05) is 39.8 Å². The van der Waals surface area contributed by atoms with Crippen LogP contribution in [0.5, 0.6) is 5.75 Å². The lowest BCUT2D eigenvalue weighted by atomic mass is 9.99. The van der Waals surface area contributed by atoms with E-state index in [-0.39, 0.29) is 24.1 Å². The third-order valence-electron chi connectivity index (χ3n) is 8.48. The van der Waals surface area contributed by atoms with Crippen LogP contribution in [0.4, 0.5) is 13.2 Å². The highest BCUT2D eigenvalue weighted by atomic mass is 19.4. The summed E-state index contributed by atoms with van der Waals surface area (Å²) < 4.78 is 46.5. The second kappa shape index (κ2) is 15.0. The number of carbonyl (C=O) groups excluding carboxylic acids is 1. The number of alkyl halides is 3. The number of carbonyl (C=O) groups is 1. The van der Waals surface area contributed by atoms with Crippen molar-refractivity contribution in [2.24, 2.45) is 4.99 Å². The maximum absolute atomic E-state index is 13.8. The summed E-state index contributed by atoms with van der Waals surface area (Å²) in [6, 6.07) is 5.40.